The molecule has 1 N–H and O–H groups in total. The number of rotatable bonds is 6. The van der Waals surface area contributed by atoms with Crippen LogP contribution in [-0.2, 0) is 14.3 Å². The monoisotopic (exact) mass is 336 g/mol. The highest BCUT2D eigenvalue weighted by molar-refractivity contribution is 5.91. The molecule has 2 heterocycles. The van der Waals surface area contributed by atoms with E-state index in [1.54, 1.807) is 24.0 Å². The maximum Gasteiger partial charge on any atom is 0.309 e. The number of likely N-dealkylation sites (tertiary alicyclic amines) is 1. The molecule has 0 aromatic carbocycles. The van der Waals surface area contributed by atoms with E-state index in [9.17, 15) is 14.4 Å². The van der Waals surface area contributed by atoms with Crippen LogP contribution in [0.15, 0.2) is 22.8 Å². The first-order valence-corrected chi connectivity index (χ1v) is 8.34. The van der Waals surface area contributed by atoms with Crippen molar-refractivity contribution in [2.24, 2.45) is 5.92 Å². The molecule has 1 aromatic rings. The molecule has 24 heavy (non-hydrogen) atoms. The zero-order valence-electron chi connectivity index (χ0n) is 14.1. The number of hydrogen-bond donors (Lipinski definition) is 1. The fraction of sp³-hybridized carbons (Fsp3) is 0.588. The van der Waals surface area contributed by atoms with Crippen molar-refractivity contribution in [1.29, 1.82) is 0 Å². The summed E-state index contributed by atoms with van der Waals surface area (Å²) >= 11 is 0. The number of nitrogens with one attached hydrogen (secondary N) is 1. The molecule has 1 unspecified atom stereocenters. The van der Waals surface area contributed by atoms with Gasteiger partial charge in [-0.2, -0.15) is 0 Å². The van der Waals surface area contributed by atoms with Crippen molar-refractivity contribution in [2.45, 2.75) is 39.2 Å². The molecule has 1 fully saturated rings. The van der Waals surface area contributed by atoms with Crippen LogP contribution in [-0.4, -0.2) is 48.4 Å². The first kappa shape index (κ1) is 18.0. The fourth-order valence-electron chi connectivity index (χ4n) is 2.59. The average molecular weight is 336 g/mol. The van der Waals surface area contributed by atoms with Crippen LogP contribution >= 0.6 is 0 Å². The molecular formula is C17H24N2O5. The summed E-state index contributed by atoms with van der Waals surface area (Å²) in [7, 11) is 0. The van der Waals surface area contributed by atoms with Crippen molar-refractivity contribution >= 4 is 17.8 Å². The van der Waals surface area contributed by atoms with Gasteiger partial charge < -0.3 is 19.4 Å². The number of esters is 1. The molecule has 1 aromatic heterocycles. The van der Waals surface area contributed by atoms with Gasteiger partial charge in [-0.15, -0.1) is 0 Å². The highest BCUT2D eigenvalue weighted by atomic mass is 16.5. The average Bonchev–Trinajstić information content (AvgIpc) is 3.13. The standard InChI is InChI=1S/C17H24N2O5/c1-3-8-18-15(20)12(2)24-17(22)13-6-9-19(10-7-13)16(21)14-5-4-11-23-14/h4-5,11-13H,3,6-10H2,1-2H3,(H,18,20). The number of amides is 2. The lowest BCUT2D eigenvalue weighted by molar-refractivity contribution is -0.160. The topological polar surface area (TPSA) is 88.9 Å². The van der Waals surface area contributed by atoms with Gasteiger partial charge in [0.25, 0.3) is 11.8 Å². The van der Waals surface area contributed by atoms with E-state index in [1.807, 2.05) is 6.92 Å². The van der Waals surface area contributed by atoms with Gasteiger partial charge in [-0.3, -0.25) is 14.4 Å². The lowest BCUT2D eigenvalue weighted by atomic mass is 9.97. The first-order chi connectivity index (χ1) is 11.5. The van der Waals surface area contributed by atoms with Gasteiger partial charge in [0.1, 0.15) is 0 Å². The molecular weight excluding hydrogens is 312 g/mol. The molecule has 2 rings (SSSR count). The Kier molecular flexibility index (Phi) is 6.40. The Morgan fingerprint density at radius 1 is 1.38 bits per heavy atom. The quantitative estimate of drug-likeness (QED) is 0.797. The van der Waals surface area contributed by atoms with Crippen LogP contribution < -0.4 is 5.32 Å². The number of nitrogens with zero attached hydrogens (tertiary/aromatic N) is 1. The third-order valence-corrected chi connectivity index (χ3v) is 4.06. The molecule has 0 radical (unpaired) electrons. The SMILES string of the molecule is CCCNC(=O)C(C)OC(=O)C1CCN(C(=O)c2ccco2)CC1. The van der Waals surface area contributed by atoms with E-state index in [0.29, 0.717) is 38.2 Å². The summed E-state index contributed by atoms with van der Waals surface area (Å²) in [6.45, 7) is 5.02. The molecule has 132 valence electrons. The van der Waals surface area contributed by atoms with Crippen molar-refractivity contribution in [1.82, 2.24) is 10.2 Å². The van der Waals surface area contributed by atoms with Gasteiger partial charge in [0, 0.05) is 19.6 Å². The number of ether oxygens (including phenoxy) is 1. The normalized spacial score (nSPS) is 16.5. The summed E-state index contributed by atoms with van der Waals surface area (Å²) in [6.07, 6.45) is 2.53. The number of carbonyl (C=O) groups excluding carboxylic acids is 3. The van der Waals surface area contributed by atoms with Crippen LogP contribution in [0.5, 0.6) is 0 Å². The molecule has 0 saturated carbocycles. The van der Waals surface area contributed by atoms with E-state index in [-0.39, 0.29) is 23.7 Å². The van der Waals surface area contributed by atoms with Crippen molar-refractivity contribution in [2.75, 3.05) is 19.6 Å². The summed E-state index contributed by atoms with van der Waals surface area (Å²) in [5.74, 6) is -0.807. The predicted molar refractivity (Wildman–Crippen MR) is 86.2 cm³/mol. The molecule has 7 heteroatoms. The molecule has 1 atom stereocenters. The van der Waals surface area contributed by atoms with Gasteiger partial charge in [0.15, 0.2) is 11.9 Å². The van der Waals surface area contributed by atoms with Crippen LogP contribution in [0.25, 0.3) is 0 Å². The minimum atomic E-state index is -0.799. The Balaban J connectivity index is 1.78. The van der Waals surface area contributed by atoms with Crippen molar-refractivity contribution in [3.8, 4) is 0 Å². The van der Waals surface area contributed by atoms with Crippen LogP contribution in [0.1, 0.15) is 43.7 Å². The number of hydrogen-bond acceptors (Lipinski definition) is 5. The number of piperidine rings is 1. The lowest BCUT2D eigenvalue weighted by Crippen LogP contribution is -2.42. The Labute approximate surface area is 141 Å². The smallest absolute Gasteiger partial charge is 0.309 e. The Bertz CT molecular complexity index is 562. The molecule has 7 nitrogen and oxygen atoms in total. The maximum atomic E-state index is 12.2. The summed E-state index contributed by atoms with van der Waals surface area (Å²) in [5.41, 5.74) is 0. The van der Waals surface area contributed by atoms with Crippen molar-refractivity contribution in [3.05, 3.63) is 24.2 Å². The van der Waals surface area contributed by atoms with Gasteiger partial charge in [-0.1, -0.05) is 6.92 Å². The van der Waals surface area contributed by atoms with Crippen molar-refractivity contribution < 1.29 is 23.5 Å². The molecule has 2 amide bonds. The number of carbonyl (C=O) groups is 3. The van der Waals surface area contributed by atoms with Gasteiger partial charge in [-0.05, 0) is 38.3 Å². The van der Waals surface area contributed by atoms with E-state index in [2.05, 4.69) is 5.32 Å². The zero-order valence-corrected chi connectivity index (χ0v) is 14.1. The Morgan fingerprint density at radius 3 is 2.67 bits per heavy atom. The minimum absolute atomic E-state index is 0.167. The largest absolute Gasteiger partial charge is 0.459 e. The van der Waals surface area contributed by atoms with E-state index < -0.39 is 6.10 Å². The van der Waals surface area contributed by atoms with Crippen LogP contribution in [0.3, 0.4) is 0 Å². The molecule has 0 spiro atoms. The van der Waals surface area contributed by atoms with Gasteiger partial charge in [0.2, 0.25) is 0 Å². The van der Waals surface area contributed by atoms with Crippen LogP contribution in [0.4, 0.5) is 0 Å². The zero-order chi connectivity index (χ0) is 17.5. The van der Waals surface area contributed by atoms with Gasteiger partial charge in [-0.25, -0.2) is 0 Å². The first-order valence-electron chi connectivity index (χ1n) is 8.34. The summed E-state index contributed by atoms with van der Waals surface area (Å²) in [6, 6.07) is 3.29. The third kappa shape index (κ3) is 4.59. The molecule has 1 aliphatic heterocycles. The van der Waals surface area contributed by atoms with Gasteiger partial charge in [0.05, 0.1) is 12.2 Å². The van der Waals surface area contributed by atoms with E-state index in [4.69, 9.17) is 9.15 Å². The van der Waals surface area contributed by atoms with Crippen molar-refractivity contribution in [3.63, 3.8) is 0 Å². The molecule has 1 aliphatic rings. The van der Waals surface area contributed by atoms with E-state index >= 15 is 0 Å². The summed E-state index contributed by atoms with van der Waals surface area (Å²) in [5, 5.41) is 2.70. The maximum absolute atomic E-state index is 12.2. The van der Waals surface area contributed by atoms with E-state index in [0.717, 1.165) is 6.42 Å². The highest BCUT2D eigenvalue weighted by Crippen LogP contribution is 2.21. The second-order valence-corrected chi connectivity index (χ2v) is 5.91. The van der Waals surface area contributed by atoms with Crippen LogP contribution in [0.2, 0.25) is 0 Å². The Hall–Kier alpha value is -2.31. The summed E-state index contributed by atoms with van der Waals surface area (Å²) < 4.78 is 10.4. The second kappa shape index (κ2) is 8.52. The molecule has 0 aliphatic carbocycles. The lowest BCUT2D eigenvalue weighted by Gasteiger charge is -2.30. The molecule has 1 saturated heterocycles. The summed E-state index contributed by atoms with van der Waals surface area (Å²) in [4.78, 5) is 37.7. The van der Waals surface area contributed by atoms with E-state index in [1.165, 1.54) is 6.26 Å². The predicted octanol–water partition coefficient (Wildman–Crippen LogP) is 1.59. The molecule has 0 bridgehead atoms. The second-order valence-electron chi connectivity index (χ2n) is 5.91. The highest BCUT2D eigenvalue weighted by Gasteiger charge is 2.31. The Morgan fingerprint density at radius 2 is 2.08 bits per heavy atom. The van der Waals surface area contributed by atoms with Crippen LogP contribution in [0, 0.1) is 5.92 Å². The number of furan rings is 1. The fourth-order valence-corrected chi connectivity index (χ4v) is 2.59. The minimum Gasteiger partial charge on any atom is -0.459 e. The van der Waals surface area contributed by atoms with Gasteiger partial charge >= 0.3 is 5.97 Å². The third-order valence-electron chi connectivity index (χ3n) is 4.06.